The molecule has 2 amide bonds. The van der Waals surface area contributed by atoms with Crippen molar-refractivity contribution in [1.29, 1.82) is 0 Å². The van der Waals surface area contributed by atoms with Gasteiger partial charge in [-0.3, -0.25) is 9.59 Å². The van der Waals surface area contributed by atoms with Crippen molar-refractivity contribution in [3.05, 3.63) is 49.8 Å². The van der Waals surface area contributed by atoms with Gasteiger partial charge in [-0.2, -0.15) is 0 Å². The van der Waals surface area contributed by atoms with Gasteiger partial charge >= 0.3 is 0 Å². The summed E-state index contributed by atoms with van der Waals surface area (Å²) in [6.45, 7) is 11.4. The van der Waals surface area contributed by atoms with Crippen molar-refractivity contribution < 1.29 is 9.59 Å². The summed E-state index contributed by atoms with van der Waals surface area (Å²) in [6.07, 6.45) is 1.84. The van der Waals surface area contributed by atoms with E-state index in [1.54, 1.807) is 0 Å². The van der Waals surface area contributed by atoms with Gasteiger partial charge in [0.2, 0.25) is 0 Å². The van der Waals surface area contributed by atoms with Crippen molar-refractivity contribution in [2.24, 2.45) is 0 Å². The minimum Gasteiger partial charge on any atom is -0.358 e. The number of nitrogens with one attached hydrogen (secondary N) is 3. The second-order valence-electron chi connectivity index (χ2n) is 7.15. The quantitative estimate of drug-likeness (QED) is 0.397. The fourth-order valence-corrected chi connectivity index (χ4v) is 4.15. The van der Waals surface area contributed by atoms with Crippen molar-refractivity contribution >= 4 is 51.7 Å². The Balaban J connectivity index is 1.83. The monoisotopic (exact) mass is 504 g/mol. The minimum atomic E-state index is -0.126. The topological polar surface area (TPSA) is 77.2 Å². The van der Waals surface area contributed by atoms with Gasteiger partial charge in [-0.05, 0) is 79.4 Å². The summed E-state index contributed by atoms with van der Waals surface area (Å²) >= 11 is 2.24. The molecule has 3 N–H and O–H groups in total. The molecule has 6 nitrogen and oxygen atoms in total. The molecule has 1 aliphatic heterocycles. The molecule has 0 saturated carbocycles. The summed E-state index contributed by atoms with van der Waals surface area (Å²) in [5, 5.41) is 5.92. The van der Waals surface area contributed by atoms with Crippen LogP contribution in [-0.2, 0) is 4.79 Å². The van der Waals surface area contributed by atoms with Crippen molar-refractivity contribution in [3.63, 3.8) is 0 Å². The number of benzene rings is 1. The Morgan fingerprint density at radius 3 is 2.66 bits per heavy atom. The maximum Gasteiger partial charge on any atom is 0.256 e. The molecule has 7 heteroatoms. The minimum absolute atomic E-state index is 0.0844. The molecule has 0 spiro atoms. The molecule has 0 fully saturated rings. The van der Waals surface area contributed by atoms with Gasteiger partial charge in [0.25, 0.3) is 11.8 Å². The van der Waals surface area contributed by atoms with Gasteiger partial charge < -0.3 is 20.5 Å². The van der Waals surface area contributed by atoms with E-state index in [9.17, 15) is 9.59 Å². The van der Waals surface area contributed by atoms with Crippen molar-refractivity contribution in [2.75, 3.05) is 31.5 Å². The van der Waals surface area contributed by atoms with E-state index in [1.807, 2.05) is 38.1 Å². The van der Waals surface area contributed by atoms with E-state index in [1.165, 1.54) is 0 Å². The van der Waals surface area contributed by atoms with Crippen molar-refractivity contribution in [3.8, 4) is 0 Å². The summed E-state index contributed by atoms with van der Waals surface area (Å²) in [5.41, 5.74) is 5.40. The number of halogens is 1. The largest absolute Gasteiger partial charge is 0.358 e. The fourth-order valence-electron chi connectivity index (χ4n) is 3.66. The lowest BCUT2D eigenvalue weighted by atomic mass is 10.0. The second kappa shape index (κ2) is 9.13. The zero-order valence-electron chi connectivity index (χ0n) is 17.3. The van der Waals surface area contributed by atoms with Crippen LogP contribution in [0.3, 0.4) is 0 Å². The predicted molar refractivity (Wildman–Crippen MR) is 126 cm³/mol. The first-order valence-corrected chi connectivity index (χ1v) is 11.0. The first kappa shape index (κ1) is 21.6. The van der Waals surface area contributed by atoms with Crippen molar-refractivity contribution in [1.82, 2.24) is 15.2 Å². The van der Waals surface area contributed by atoms with Crippen LogP contribution in [0.2, 0.25) is 0 Å². The Kier molecular flexibility index (Phi) is 6.79. The predicted octanol–water partition coefficient (Wildman–Crippen LogP) is 3.80. The van der Waals surface area contributed by atoms with Gasteiger partial charge in [0.05, 0.1) is 11.1 Å². The van der Waals surface area contributed by atoms with Gasteiger partial charge in [0.1, 0.15) is 0 Å². The number of aromatic amines is 1. The average molecular weight is 504 g/mol. The number of aryl methyl sites for hydroxylation is 1. The van der Waals surface area contributed by atoms with E-state index < -0.39 is 0 Å². The molecule has 0 bridgehead atoms. The summed E-state index contributed by atoms with van der Waals surface area (Å²) < 4.78 is 1.07. The van der Waals surface area contributed by atoms with Gasteiger partial charge in [0.15, 0.2) is 0 Å². The third-order valence-electron chi connectivity index (χ3n) is 5.36. The number of aromatic nitrogens is 1. The molecule has 1 aromatic heterocycles. The lowest BCUT2D eigenvalue weighted by Crippen LogP contribution is -2.35. The Morgan fingerprint density at radius 1 is 1.24 bits per heavy atom. The highest BCUT2D eigenvalue weighted by Gasteiger charge is 2.25. The zero-order chi connectivity index (χ0) is 21.1. The maximum absolute atomic E-state index is 12.8. The first-order chi connectivity index (χ1) is 13.8. The van der Waals surface area contributed by atoms with Crippen LogP contribution in [-0.4, -0.2) is 47.9 Å². The molecule has 2 aromatic rings. The number of H-pyrrole nitrogens is 1. The van der Waals surface area contributed by atoms with Crippen LogP contribution >= 0.6 is 22.6 Å². The van der Waals surface area contributed by atoms with Crippen LogP contribution in [0, 0.1) is 17.4 Å². The number of rotatable bonds is 7. The number of fused-ring (bicyclic) bond motifs is 1. The van der Waals surface area contributed by atoms with Gasteiger partial charge in [-0.1, -0.05) is 13.8 Å². The fraction of sp³-hybridized carbons (Fsp3) is 0.364. The van der Waals surface area contributed by atoms with E-state index in [2.05, 4.69) is 57.0 Å². The van der Waals surface area contributed by atoms with Gasteiger partial charge in [-0.25, -0.2) is 0 Å². The maximum atomic E-state index is 12.8. The first-order valence-electron chi connectivity index (χ1n) is 9.88. The number of hydrogen-bond donors (Lipinski definition) is 3. The Bertz CT molecular complexity index is 973. The molecule has 0 radical (unpaired) electrons. The van der Waals surface area contributed by atoms with Crippen LogP contribution < -0.4 is 10.6 Å². The lowest BCUT2D eigenvalue weighted by Gasteiger charge is -2.18. The summed E-state index contributed by atoms with van der Waals surface area (Å²) in [7, 11) is 0. The molecule has 29 heavy (non-hydrogen) atoms. The molecule has 0 aliphatic carbocycles. The molecule has 0 saturated heterocycles. The van der Waals surface area contributed by atoms with E-state index in [0.29, 0.717) is 17.7 Å². The SMILES string of the molecule is CCN(CC)CCNC(=O)c1c(C)[nH]c(/C=C2\C(=O)Nc3ccc([125I])cc32)c1C. The summed E-state index contributed by atoms with van der Waals surface area (Å²) in [4.78, 5) is 30.8. The molecule has 1 aliphatic rings. The number of carbonyl (C=O) groups is 2. The van der Waals surface area contributed by atoms with E-state index in [4.69, 9.17) is 0 Å². The smallest absolute Gasteiger partial charge is 0.256 e. The zero-order valence-corrected chi connectivity index (χ0v) is 19.4. The average Bonchev–Trinajstić information content (AvgIpc) is 3.14. The number of hydrogen-bond acceptors (Lipinski definition) is 3. The number of amides is 2. The normalized spacial score (nSPS) is 14.4. The molecule has 3 rings (SSSR count). The molecule has 1 aromatic carbocycles. The van der Waals surface area contributed by atoms with Crippen LogP contribution in [0.4, 0.5) is 5.69 Å². The van der Waals surface area contributed by atoms with Gasteiger partial charge in [-0.15, -0.1) is 0 Å². The number of carbonyl (C=O) groups excluding carboxylic acids is 2. The summed E-state index contributed by atoms with van der Waals surface area (Å²) in [6, 6.07) is 5.87. The lowest BCUT2D eigenvalue weighted by molar-refractivity contribution is -0.110. The van der Waals surface area contributed by atoms with Crippen LogP contribution in [0.25, 0.3) is 11.6 Å². The number of nitrogens with zero attached hydrogens (tertiary/aromatic N) is 1. The Morgan fingerprint density at radius 2 is 1.97 bits per heavy atom. The highest BCUT2D eigenvalue weighted by molar-refractivity contribution is 14.1. The highest BCUT2D eigenvalue weighted by atomic mass is 125. The second-order valence-corrected chi connectivity index (χ2v) is 8.39. The van der Waals surface area contributed by atoms with Crippen LogP contribution in [0.5, 0.6) is 0 Å². The number of anilines is 1. The molecular weight excluding hydrogens is 477 g/mol. The Labute approximate surface area is 185 Å². The van der Waals surface area contributed by atoms with E-state index in [0.717, 1.165) is 51.4 Å². The third kappa shape index (κ3) is 4.56. The van der Waals surface area contributed by atoms with E-state index >= 15 is 0 Å². The summed E-state index contributed by atoms with van der Waals surface area (Å²) in [5.74, 6) is -0.210. The van der Waals surface area contributed by atoms with Crippen LogP contribution in [0.1, 0.15) is 46.7 Å². The van der Waals surface area contributed by atoms with E-state index in [-0.39, 0.29) is 11.8 Å². The molecular formula is C22H27IN4O2. The third-order valence-corrected chi connectivity index (χ3v) is 6.04. The Hall–Kier alpha value is -2.13. The molecule has 0 unspecified atom stereocenters. The molecule has 2 heterocycles. The van der Waals surface area contributed by atoms with Crippen molar-refractivity contribution in [2.45, 2.75) is 27.7 Å². The molecule has 0 atom stereocenters. The highest BCUT2D eigenvalue weighted by Crippen LogP contribution is 2.34. The van der Waals surface area contributed by atoms with Crippen LogP contribution in [0.15, 0.2) is 18.2 Å². The standard InChI is InChI=1S/C22H27IN4O2/c1-5-27(6-2)10-9-24-22(29)20-13(3)19(25-14(20)4)12-17-16-11-15(23)7-8-18(16)26-21(17)28/h7-8,11-12,25H,5-6,9-10H2,1-4H3,(H,24,29)(H,26,28)/b17-12-/i23-2. The van der Waals surface area contributed by atoms with Gasteiger partial charge in [0, 0.05) is 39.3 Å². The molecule has 154 valence electrons. The number of likely N-dealkylation sites (N-methyl/N-ethyl adjacent to an activating group) is 1.